The molecule has 3 N–H and O–H groups in total. The average Bonchev–Trinajstić information content (AvgIpc) is 2.85. The van der Waals surface area contributed by atoms with Crippen molar-refractivity contribution in [1.29, 1.82) is 0 Å². The molecule has 0 radical (unpaired) electrons. The SMILES string of the molecule is CCc1cc(COc2ccccc2CC(=O)O)cc(-c2cccc(C(CO)NC(=O)OC(C)(C)C)c2)c1. The molecule has 1 atom stereocenters. The first kappa shape index (κ1) is 27.7. The van der Waals surface area contributed by atoms with E-state index in [0.717, 1.165) is 34.2 Å². The van der Waals surface area contributed by atoms with Gasteiger partial charge in [-0.25, -0.2) is 4.79 Å². The van der Waals surface area contributed by atoms with Gasteiger partial charge in [0.05, 0.1) is 19.1 Å². The van der Waals surface area contributed by atoms with Gasteiger partial charge in [-0.15, -0.1) is 0 Å². The summed E-state index contributed by atoms with van der Waals surface area (Å²) in [6.45, 7) is 7.45. The van der Waals surface area contributed by atoms with Gasteiger partial charge in [-0.1, -0.05) is 55.5 Å². The number of amides is 1. The summed E-state index contributed by atoms with van der Waals surface area (Å²) in [6, 6.07) is 20.4. The van der Waals surface area contributed by atoms with E-state index in [2.05, 4.69) is 24.4 Å². The molecule has 7 nitrogen and oxygen atoms in total. The molecule has 1 unspecified atom stereocenters. The summed E-state index contributed by atoms with van der Waals surface area (Å²) >= 11 is 0. The summed E-state index contributed by atoms with van der Waals surface area (Å²) in [6.07, 6.45) is 0.134. The Kier molecular flexibility index (Phi) is 9.31. The van der Waals surface area contributed by atoms with E-state index in [4.69, 9.17) is 9.47 Å². The zero-order valence-electron chi connectivity index (χ0n) is 21.8. The van der Waals surface area contributed by atoms with Crippen LogP contribution in [-0.4, -0.2) is 34.5 Å². The number of carbonyl (C=O) groups excluding carboxylic acids is 1. The number of aryl methyl sites for hydroxylation is 1. The molecule has 0 saturated heterocycles. The zero-order chi connectivity index (χ0) is 27.0. The van der Waals surface area contributed by atoms with E-state index in [0.29, 0.717) is 11.3 Å². The third-order valence-corrected chi connectivity index (χ3v) is 5.67. The number of carboxylic acids is 1. The molecule has 1 amide bonds. The standard InChI is InChI=1S/C30H35NO6/c1-5-20-13-21(19-36-27-12-7-6-9-24(27)17-28(33)34)15-25(14-20)22-10-8-11-23(16-22)26(18-32)31-29(35)37-30(2,3)4/h6-16,26,32H,5,17-19H2,1-4H3,(H,31,35)(H,33,34). The first-order valence-corrected chi connectivity index (χ1v) is 12.3. The number of carbonyl (C=O) groups is 2. The molecule has 7 heteroatoms. The number of alkyl carbamates (subject to hydrolysis) is 1. The number of aliphatic hydroxyl groups excluding tert-OH is 1. The average molecular weight is 506 g/mol. The summed E-state index contributed by atoms with van der Waals surface area (Å²) < 4.78 is 11.4. The third kappa shape index (κ3) is 8.36. The number of aliphatic hydroxyl groups is 1. The van der Waals surface area contributed by atoms with E-state index in [9.17, 15) is 19.8 Å². The molecule has 0 aromatic heterocycles. The molecule has 196 valence electrons. The molecule has 0 saturated carbocycles. The van der Waals surface area contributed by atoms with Gasteiger partial charge < -0.3 is 25.0 Å². The summed E-state index contributed by atoms with van der Waals surface area (Å²) in [5, 5.41) is 21.9. The zero-order valence-corrected chi connectivity index (χ0v) is 21.8. The quantitative estimate of drug-likeness (QED) is 0.327. The highest BCUT2D eigenvalue weighted by Crippen LogP contribution is 2.27. The van der Waals surface area contributed by atoms with Crippen LogP contribution < -0.4 is 10.1 Å². The third-order valence-electron chi connectivity index (χ3n) is 5.67. The van der Waals surface area contributed by atoms with Crippen molar-refractivity contribution >= 4 is 12.1 Å². The van der Waals surface area contributed by atoms with Crippen molar-refractivity contribution in [3.63, 3.8) is 0 Å². The van der Waals surface area contributed by atoms with Gasteiger partial charge >= 0.3 is 12.1 Å². The molecule has 3 rings (SSSR count). The van der Waals surface area contributed by atoms with Gasteiger partial charge in [-0.3, -0.25) is 4.79 Å². The highest BCUT2D eigenvalue weighted by molar-refractivity contribution is 5.71. The lowest BCUT2D eigenvalue weighted by molar-refractivity contribution is -0.136. The number of carboxylic acid groups (broad SMARTS) is 1. The lowest BCUT2D eigenvalue weighted by Crippen LogP contribution is -2.36. The van der Waals surface area contributed by atoms with E-state index in [-0.39, 0.29) is 19.6 Å². The van der Waals surface area contributed by atoms with E-state index >= 15 is 0 Å². The van der Waals surface area contributed by atoms with E-state index < -0.39 is 23.7 Å². The van der Waals surface area contributed by atoms with Crippen LogP contribution in [0.5, 0.6) is 5.75 Å². The van der Waals surface area contributed by atoms with Crippen LogP contribution in [0, 0.1) is 0 Å². The van der Waals surface area contributed by atoms with Crippen molar-refractivity contribution in [2.24, 2.45) is 0 Å². The summed E-state index contributed by atoms with van der Waals surface area (Å²) in [5.41, 5.74) is 4.74. The molecule has 0 aliphatic rings. The van der Waals surface area contributed by atoms with E-state index in [1.54, 1.807) is 39.0 Å². The van der Waals surface area contributed by atoms with Crippen LogP contribution >= 0.6 is 0 Å². The molecule has 3 aromatic rings. The molecule has 3 aromatic carbocycles. The smallest absolute Gasteiger partial charge is 0.408 e. The fourth-order valence-corrected chi connectivity index (χ4v) is 3.95. The van der Waals surface area contributed by atoms with Crippen molar-refractivity contribution < 1.29 is 29.3 Å². The number of nitrogens with one attached hydrogen (secondary N) is 1. The van der Waals surface area contributed by atoms with Crippen LogP contribution in [0.4, 0.5) is 4.79 Å². The highest BCUT2D eigenvalue weighted by atomic mass is 16.6. The first-order valence-electron chi connectivity index (χ1n) is 12.3. The Bertz CT molecular complexity index is 1230. The molecule has 37 heavy (non-hydrogen) atoms. The maximum Gasteiger partial charge on any atom is 0.408 e. The monoisotopic (exact) mass is 505 g/mol. The minimum Gasteiger partial charge on any atom is -0.489 e. The predicted octanol–water partition coefficient (Wildman–Crippen LogP) is 5.68. The van der Waals surface area contributed by atoms with Gasteiger partial charge in [0.15, 0.2) is 0 Å². The van der Waals surface area contributed by atoms with E-state index in [1.807, 2.05) is 36.4 Å². The number of para-hydroxylation sites is 1. The van der Waals surface area contributed by atoms with Crippen LogP contribution in [0.15, 0.2) is 66.7 Å². The van der Waals surface area contributed by atoms with Gasteiger partial charge in [-0.05, 0) is 73.2 Å². The fraction of sp³-hybridized carbons (Fsp3) is 0.333. The summed E-state index contributed by atoms with van der Waals surface area (Å²) in [7, 11) is 0. The lowest BCUT2D eigenvalue weighted by atomic mass is 9.96. The highest BCUT2D eigenvalue weighted by Gasteiger charge is 2.20. The molecule has 0 heterocycles. The van der Waals surface area contributed by atoms with E-state index in [1.165, 1.54) is 0 Å². The van der Waals surface area contributed by atoms with Gasteiger partial charge in [-0.2, -0.15) is 0 Å². The van der Waals surface area contributed by atoms with Crippen molar-refractivity contribution in [1.82, 2.24) is 5.32 Å². The summed E-state index contributed by atoms with van der Waals surface area (Å²) in [4.78, 5) is 23.5. The molecular formula is C30H35NO6. The van der Waals surface area contributed by atoms with Gasteiger partial charge in [0.2, 0.25) is 0 Å². The Hall–Kier alpha value is -3.84. The van der Waals surface area contributed by atoms with Crippen LogP contribution in [0.25, 0.3) is 11.1 Å². The number of aliphatic carboxylic acids is 1. The molecular weight excluding hydrogens is 470 g/mol. The Morgan fingerprint density at radius 3 is 2.35 bits per heavy atom. The predicted molar refractivity (Wildman–Crippen MR) is 143 cm³/mol. The second-order valence-electron chi connectivity index (χ2n) is 9.87. The van der Waals surface area contributed by atoms with Crippen LogP contribution in [0.1, 0.15) is 56.0 Å². The Morgan fingerprint density at radius 2 is 1.68 bits per heavy atom. The molecule has 0 aliphatic heterocycles. The number of hydrogen-bond acceptors (Lipinski definition) is 5. The summed E-state index contributed by atoms with van der Waals surface area (Å²) in [5.74, 6) is -0.358. The van der Waals surface area contributed by atoms with Crippen molar-refractivity contribution in [3.8, 4) is 16.9 Å². The van der Waals surface area contributed by atoms with Gasteiger partial charge in [0, 0.05) is 5.56 Å². The minimum atomic E-state index is -0.909. The maximum atomic E-state index is 12.3. The van der Waals surface area contributed by atoms with Crippen molar-refractivity contribution in [2.75, 3.05) is 6.61 Å². The van der Waals surface area contributed by atoms with Gasteiger partial charge in [0.25, 0.3) is 0 Å². The Balaban J connectivity index is 1.83. The maximum absolute atomic E-state index is 12.3. The molecule has 0 aliphatic carbocycles. The first-order chi connectivity index (χ1) is 17.6. The Morgan fingerprint density at radius 1 is 0.946 bits per heavy atom. The number of ether oxygens (including phenoxy) is 2. The second kappa shape index (κ2) is 12.4. The lowest BCUT2D eigenvalue weighted by Gasteiger charge is -2.23. The molecule has 0 spiro atoms. The number of hydrogen-bond donors (Lipinski definition) is 3. The van der Waals surface area contributed by atoms with Gasteiger partial charge in [0.1, 0.15) is 18.0 Å². The normalized spacial score (nSPS) is 12.0. The van der Waals surface area contributed by atoms with Crippen molar-refractivity contribution in [2.45, 2.75) is 58.8 Å². The second-order valence-corrected chi connectivity index (χ2v) is 9.87. The molecule has 0 bridgehead atoms. The fourth-order valence-electron chi connectivity index (χ4n) is 3.95. The van der Waals surface area contributed by atoms with Crippen LogP contribution in [0.2, 0.25) is 0 Å². The minimum absolute atomic E-state index is 0.105. The van der Waals surface area contributed by atoms with Crippen LogP contribution in [-0.2, 0) is 29.0 Å². The largest absolute Gasteiger partial charge is 0.489 e. The van der Waals surface area contributed by atoms with Crippen LogP contribution in [0.3, 0.4) is 0 Å². The van der Waals surface area contributed by atoms with Crippen molar-refractivity contribution in [3.05, 3.63) is 89.0 Å². The topological polar surface area (TPSA) is 105 Å². The Labute approximate surface area is 218 Å². The number of benzene rings is 3. The number of rotatable bonds is 10. The molecule has 0 fully saturated rings.